The van der Waals surface area contributed by atoms with E-state index in [0.29, 0.717) is 18.0 Å². The lowest BCUT2D eigenvalue weighted by atomic mass is 10.2. The fourth-order valence-corrected chi connectivity index (χ4v) is 1.64. The monoisotopic (exact) mass is 211 g/mol. The maximum absolute atomic E-state index is 11.4. The number of aromatic nitrogens is 1. The summed E-state index contributed by atoms with van der Waals surface area (Å²) in [4.78, 5) is 11.4. The van der Waals surface area contributed by atoms with Crippen LogP contribution in [0.1, 0.15) is 5.56 Å². The number of hydrogen-bond donors (Lipinski definition) is 0. The van der Waals surface area contributed by atoms with Gasteiger partial charge in [0.05, 0.1) is 5.52 Å². The first-order chi connectivity index (χ1) is 6.72. The highest BCUT2D eigenvalue weighted by atomic mass is 35.5. The molecule has 0 saturated carbocycles. The summed E-state index contributed by atoms with van der Waals surface area (Å²) in [6, 6.07) is 5.64. The highest BCUT2D eigenvalue weighted by Crippen LogP contribution is 2.14. The molecule has 0 N–H and O–H groups in total. The molecule has 0 radical (unpaired) electrons. The van der Waals surface area contributed by atoms with Gasteiger partial charge in [-0.2, -0.15) is 0 Å². The number of nitrogens with zero attached hydrogens (tertiary/aromatic N) is 1. The Balaban J connectivity index is 2.73. The molecule has 1 aromatic carbocycles. The Morgan fingerprint density at radius 3 is 3.00 bits per heavy atom. The Bertz CT molecular complexity index is 512. The van der Waals surface area contributed by atoms with Crippen molar-refractivity contribution in [3.05, 3.63) is 34.3 Å². The number of fused-ring (bicyclic) bond motifs is 1. The lowest BCUT2D eigenvalue weighted by molar-refractivity contribution is 0.514. The van der Waals surface area contributed by atoms with Crippen LogP contribution in [0.5, 0.6) is 0 Å². The van der Waals surface area contributed by atoms with Crippen molar-refractivity contribution >= 4 is 22.7 Å². The number of alkyl halides is 1. The number of halogens is 1. The molecule has 4 heteroatoms. The van der Waals surface area contributed by atoms with E-state index >= 15 is 0 Å². The average molecular weight is 212 g/mol. The predicted molar refractivity (Wildman–Crippen MR) is 55.9 cm³/mol. The molecule has 3 nitrogen and oxygen atoms in total. The first-order valence-electron chi connectivity index (χ1n) is 4.38. The molecular formula is C10H10ClNO2. The molecule has 2 rings (SSSR count). The van der Waals surface area contributed by atoms with Gasteiger partial charge in [0.1, 0.15) is 0 Å². The van der Waals surface area contributed by atoms with Gasteiger partial charge in [-0.25, -0.2) is 4.79 Å². The van der Waals surface area contributed by atoms with Gasteiger partial charge in [0.25, 0.3) is 0 Å². The maximum Gasteiger partial charge on any atom is 0.419 e. The lowest BCUT2D eigenvalue weighted by Crippen LogP contribution is -2.14. The first kappa shape index (κ1) is 9.34. The summed E-state index contributed by atoms with van der Waals surface area (Å²) in [5.74, 6) is 0.0638. The second kappa shape index (κ2) is 3.50. The number of aryl methyl sites for hydroxylation is 2. The minimum atomic E-state index is -0.341. The van der Waals surface area contributed by atoms with E-state index in [-0.39, 0.29) is 5.76 Å². The molecule has 0 spiro atoms. The zero-order chi connectivity index (χ0) is 10.1. The van der Waals surface area contributed by atoms with Crippen molar-refractivity contribution in [3.8, 4) is 0 Å². The van der Waals surface area contributed by atoms with Gasteiger partial charge in [0.15, 0.2) is 5.58 Å². The standard InChI is InChI=1S/C10H10ClNO2/c1-7-2-3-9-8(6-7)12(5-4-11)10(13)14-9/h2-3,6H,4-5H2,1H3. The van der Waals surface area contributed by atoms with E-state index < -0.39 is 0 Å². The van der Waals surface area contributed by atoms with Gasteiger partial charge in [0.2, 0.25) is 0 Å². The predicted octanol–water partition coefficient (Wildman–Crippen LogP) is 2.14. The lowest BCUT2D eigenvalue weighted by Gasteiger charge is -1.97. The fourth-order valence-electron chi connectivity index (χ4n) is 1.47. The van der Waals surface area contributed by atoms with E-state index in [4.69, 9.17) is 16.0 Å². The number of benzene rings is 1. The van der Waals surface area contributed by atoms with Gasteiger partial charge >= 0.3 is 5.76 Å². The average Bonchev–Trinajstić information content (AvgIpc) is 2.45. The van der Waals surface area contributed by atoms with Crippen LogP contribution in [-0.4, -0.2) is 10.4 Å². The third-order valence-electron chi connectivity index (χ3n) is 2.13. The molecule has 0 unspecified atom stereocenters. The van der Waals surface area contributed by atoms with Crippen LogP contribution >= 0.6 is 11.6 Å². The minimum absolute atomic E-state index is 0.341. The number of hydrogen-bond acceptors (Lipinski definition) is 2. The molecule has 74 valence electrons. The van der Waals surface area contributed by atoms with Crippen molar-refractivity contribution in [1.29, 1.82) is 0 Å². The normalized spacial score (nSPS) is 11.0. The Hall–Kier alpha value is -1.22. The summed E-state index contributed by atoms with van der Waals surface area (Å²) in [5, 5.41) is 0. The smallest absolute Gasteiger partial charge is 0.408 e. The van der Waals surface area contributed by atoms with Crippen LogP contribution in [0, 0.1) is 6.92 Å². The van der Waals surface area contributed by atoms with Crippen LogP contribution in [0.25, 0.3) is 11.1 Å². The van der Waals surface area contributed by atoms with Crippen molar-refractivity contribution in [2.75, 3.05) is 5.88 Å². The highest BCUT2D eigenvalue weighted by Gasteiger charge is 2.07. The molecule has 14 heavy (non-hydrogen) atoms. The Morgan fingerprint density at radius 1 is 1.50 bits per heavy atom. The molecule has 0 amide bonds. The van der Waals surface area contributed by atoms with Crippen LogP contribution in [0.2, 0.25) is 0 Å². The van der Waals surface area contributed by atoms with Gasteiger partial charge in [-0.15, -0.1) is 11.6 Å². The Labute approximate surface area is 85.9 Å². The quantitative estimate of drug-likeness (QED) is 0.714. The second-order valence-electron chi connectivity index (χ2n) is 3.18. The van der Waals surface area contributed by atoms with E-state index in [1.165, 1.54) is 0 Å². The summed E-state index contributed by atoms with van der Waals surface area (Å²) in [5.41, 5.74) is 2.53. The molecule has 2 aromatic rings. The molecule has 0 bridgehead atoms. The number of oxazole rings is 1. The molecule has 0 aliphatic rings. The van der Waals surface area contributed by atoms with Crippen LogP contribution in [0.4, 0.5) is 0 Å². The van der Waals surface area contributed by atoms with Crippen LogP contribution in [0.3, 0.4) is 0 Å². The Morgan fingerprint density at radius 2 is 2.29 bits per heavy atom. The summed E-state index contributed by atoms with van der Waals surface area (Å²) >= 11 is 5.60. The first-order valence-corrected chi connectivity index (χ1v) is 4.92. The highest BCUT2D eigenvalue weighted by molar-refractivity contribution is 6.17. The maximum atomic E-state index is 11.4. The van der Waals surface area contributed by atoms with Crippen LogP contribution in [-0.2, 0) is 6.54 Å². The minimum Gasteiger partial charge on any atom is -0.408 e. The van der Waals surface area contributed by atoms with Gasteiger partial charge in [0, 0.05) is 12.4 Å². The summed E-state index contributed by atoms with van der Waals surface area (Å²) in [6.07, 6.45) is 0. The van der Waals surface area contributed by atoms with Crippen molar-refractivity contribution in [2.45, 2.75) is 13.5 Å². The van der Waals surface area contributed by atoms with E-state index in [9.17, 15) is 4.79 Å². The zero-order valence-electron chi connectivity index (χ0n) is 7.79. The van der Waals surface area contributed by atoms with Gasteiger partial charge in [-0.1, -0.05) is 6.07 Å². The molecule has 0 atom stereocenters. The molecule has 1 heterocycles. The van der Waals surface area contributed by atoms with E-state index in [1.807, 2.05) is 19.1 Å². The topological polar surface area (TPSA) is 35.1 Å². The number of rotatable bonds is 2. The van der Waals surface area contributed by atoms with Crippen LogP contribution < -0.4 is 5.76 Å². The van der Waals surface area contributed by atoms with E-state index in [2.05, 4.69) is 0 Å². The van der Waals surface area contributed by atoms with Crippen molar-refractivity contribution in [3.63, 3.8) is 0 Å². The van der Waals surface area contributed by atoms with Gasteiger partial charge in [-0.3, -0.25) is 4.57 Å². The SMILES string of the molecule is Cc1ccc2oc(=O)n(CCCl)c2c1. The fraction of sp³-hybridized carbons (Fsp3) is 0.300. The summed E-state index contributed by atoms with van der Waals surface area (Å²) in [7, 11) is 0. The molecule has 0 fully saturated rings. The van der Waals surface area contributed by atoms with Crippen molar-refractivity contribution in [2.24, 2.45) is 0 Å². The molecule has 0 saturated heterocycles. The zero-order valence-corrected chi connectivity index (χ0v) is 8.54. The van der Waals surface area contributed by atoms with E-state index in [0.717, 1.165) is 11.1 Å². The van der Waals surface area contributed by atoms with Gasteiger partial charge < -0.3 is 4.42 Å². The van der Waals surface area contributed by atoms with Crippen molar-refractivity contribution in [1.82, 2.24) is 4.57 Å². The molecule has 1 aromatic heterocycles. The third-order valence-corrected chi connectivity index (χ3v) is 2.30. The summed E-state index contributed by atoms with van der Waals surface area (Å²) < 4.78 is 6.61. The third kappa shape index (κ3) is 1.44. The molecule has 0 aliphatic heterocycles. The largest absolute Gasteiger partial charge is 0.419 e. The summed E-state index contributed by atoms with van der Waals surface area (Å²) in [6.45, 7) is 2.46. The molecule has 0 aliphatic carbocycles. The van der Waals surface area contributed by atoms with Crippen LogP contribution in [0.15, 0.2) is 27.4 Å². The van der Waals surface area contributed by atoms with Crippen molar-refractivity contribution < 1.29 is 4.42 Å². The second-order valence-corrected chi connectivity index (χ2v) is 3.56. The van der Waals surface area contributed by atoms with E-state index in [1.54, 1.807) is 10.6 Å². The molecular weight excluding hydrogens is 202 g/mol. The van der Waals surface area contributed by atoms with Gasteiger partial charge in [-0.05, 0) is 24.6 Å². The Kier molecular flexibility index (Phi) is 2.33.